The summed E-state index contributed by atoms with van der Waals surface area (Å²) in [5, 5.41) is 34.6. The number of carbonyl (C=O) groups excluding carboxylic acids is 11. The van der Waals surface area contributed by atoms with Crippen LogP contribution in [0.25, 0.3) is 0 Å². The van der Waals surface area contributed by atoms with Crippen LogP contribution in [0.15, 0.2) is 12.2 Å². The predicted molar refractivity (Wildman–Crippen MR) is 352 cm³/mol. The van der Waals surface area contributed by atoms with Crippen LogP contribution in [0.1, 0.15) is 163 Å². The molecule has 0 saturated carbocycles. The molecule has 91 heavy (non-hydrogen) atoms. The molecule has 0 spiro atoms. The summed E-state index contributed by atoms with van der Waals surface area (Å²) in [4.78, 5) is 173. The Morgan fingerprint density at radius 2 is 0.912 bits per heavy atom. The molecule has 1 aliphatic heterocycles. The van der Waals surface area contributed by atoms with Crippen LogP contribution < -0.4 is 21.3 Å². The van der Waals surface area contributed by atoms with Gasteiger partial charge in [-0.25, -0.2) is 0 Å². The maximum absolute atomic E-state index is 15.3. The number of aliphatic hydroxyl groups is 2. The minimum absolute atomic E-state index is 0.0235. The van der Waals surface area contributed by atoms with Gasteiger partial charge in [-0.15, -0.1) is 0 Å². The van der Waals surface area contributed by atoms with E-state index in [1.165, 1.54) is 102 Å². The van der Waals surface area contributed by atoms with Gasteiger partial charge in [0.25, 0.3) is 0 Å². The summed E-state index contributed by atoms with van der Waals surface area (Å²) in [6.45, 7) is 29.1. The number of hydrogen-bond donors (Lipinski definition) is 6. The van der Waals surface area contributed by atoms with E-state index in [4.69, 9.17) is 0 Å². The molecule has 11 amide bonds. The Balaban J connectivity index is 4.54. The van der Waals surface area contributed by atoms with Gasteiger partial charge in [-0.2, -0.15) is 0 Å². The zero-order chi connectivity index (χ0) is 70.8. The summed E-state index contributed by atoms with van der Waals surface area (Å²) < 4.78 is 0. The molecule has 1 fully saturated rings. The van der Waals surface area contributed by atoms with Crippen molar-refractivity contribution in [3.05, 3.63) is 12.2 Å². The molecule has 1 rings (SSSR count). The van der Waals surface area contributed by atoms with Crippen molar-refractivity contribution in [1.29, 1.82) is 0 Å². The fourth-order valence-electron chi connectivity index (χ4n) is 11.5. The Hall–Kier alpha value is -6.21. The van der Waals surface area contributed by atoms with Gasteiger partial charge in [0, 0.05) is 55.8 Å². The van der Waals surface area contributed by atoms with Gasteiger partial charge in [-0.3, -0.25) is 52.7 Å². The normalized spacial score (nSPS) is 26.9. The van der Waals surface area contributed by atoms with Crippen molar-refractivity contribution < 1.29 is 63.0 Å². The lowest BCUT2D eigenvalue weighted by atomic mass is 9.91. The molecular weight excluding hydrogens is 1170 g/mol. The smallest absolute Gasteiger partial charge is 0.246 e. The van der Waals surface area contributed by atoms with Crippen LogP contribution in [-0.2, 0) is 52.7 Å². The predicted octanol–water partition coefficient (Wildman–Crippen LogP) is 2.70. The Kier molecular flexibility index (Phi) is 33.6. The molecule has 0 aromatic heterocycles. The van der Waals surface area contributed by atoms with E-state index < -0.39 is 161 Å². The molecule has 0 bridgehead atoms. The van der Waals surface area contributed by atoms with Gasteiger partial charge in [-0.1, -0.05) is 95.2 Å². The minimum Gasteiger partial charge on any atom is -0.390 e. The van der Waals surface area contributed by atoms with E-state index in [-0.39, 0.29) is 69.2 Å². The highest BCUT2D eigenvalue weighted by Crippen LogP contribution is 2.26. The van der Waals surface area contributed by atoms with E-state index in [1.54, 1.807) is 79.6 Å². The number of amides is 11. The third-order valence-corrected chi connectivity index (χ3v) is 17.2. The van der Waals surface area contributed by atoms with E-state index in [0.29, 0.717) is 0 Å². The molecule has 13 atom stereocenters. The highest BCUT2D eigenvalue weighted by atomic mass is 16.3. The monoisotopic (exact) mass is 1290 g/mol. The van der Waals surface area contributed by atoms with E-state index in [2.05, 4.69) is 21.3 Å². The first-order valence-electron chi connectivity index (χ1n) is 32.6. The number of rotatable bonds is 18. The fraction of sp³-hybridized carbons (Fsp3) is 0.803. The number of nitrogens with zero attached hydrogens (tertiary/aromatic N) is 8. The number of aliphatic hydroxyl groups excluding tert-OH is 1. The number of hydrogen-bond acceptors (Lipinski definition) is 14. The van der Waals surface area contributed by atoms with Crippen LogP contribution in [0.5, 0.6) is 0 Å². The van der Waals surface area contributed by atoms with E-state index in [0.717, 1.165) is 9.80 Å². The van der Waals surface area contributed by atoms with Gasteiger partial charge in [0.2, 0.25) is 65.0 Å². The molecule has 522 valence electrons. The molecule has 6 N–H and O–H groups in total. The first-order valence-corrected chi connectivity index (χ1v) is 32.6. The Bertz CT molecular complexity index is 2500. The third kappa shape index (κ3) is 23.7. The van der Waals surface area contributed by atoms with Crippen molar-refractivity contribution in [2.24, 2.45) is 35.5 Å². The highest BCUT2D eigenvalue weighted by Gasteiger charge is 2.47. The van der Waals surface area contributed by atoms with Crippen LogP contribution in [0.3, 0.4) is 0 Å². The second kappa shape index (κ2) is 36.9. The maximum atomic E-state index is 15.3. The van der Waals surface area contributed by atoms with Gasteiger partial charge < -0.3 is 70.7 Å². The van der Waals surface area contributed by atoms with Gasteiger partial charge in [0.15, 0.2) is 0 Å². The van der Waals surface area contributed by atoms with Crippen molar-refractivity contribution in [2.75, 3.05) is 70.0 Å². The fourth-order valence-corrected chi connectivity index (χ4v) is 11.5. The average Bonchev–Trinajstić information content (AvgIpc) is 0.888. The second-order valence-corrected chi connectivity index (χ2v) is 28.3. The van der Waals surface area contributed by atoms with Gasteiger partial charge in [0.1, 0.15) is 66.5 Å². The van der Waals surface area contributed by atoms with Crippen LogP contribution in [0.2, 0.25) is 0 Å². The SMILES string of the molecule is C/C=C/C[C@@H](C)[C@@H](O)[C@H]1C(=O)N[C@@H](CC)C(=O)N(C)[C@@H](CCN(C)C)C(=O)N(C)[C@@H](CC(C)(C)O)C(=O)N[C@@H](C(C)C)C(=O)N(C)[C@@H](CC(C)C)C(=O)N[C@@H](C)C(=O)N[C@H](C)C(=O)N(C)[C@@H](CC(C)C)C(=O)N(C)[C@@H](CC(C)C)C(=O)N(C)[C@@H](C(C)C)C(=O)N1C. The lowest BCUT2D eigenvalue weighted by molar-refractivity contribution is -0.157. The molecule has 0 aromatic carbocycles. The van der Waals surface area contributed by atoms with Crippen molar-refractivity contribution >= 4 is 65.0 Å². The summed E-state index contributed by atoms with van der Waals surface area (Å²) in [5.41, 5.74) is -1.58. The van der Waals surface area contributed by atoms with Gasteiger partial charge in [-0.05, 0) is 129 Å². The first-order chi connectivity index (χ1) is 41.8. The molecule has 1 heterocycles. The third-order valence-electron chi connectivity index (χ3n) is 17.2. The van der Waals surface area contributed by atoms with Gasteiger partial charge in [0.05, 0.1) is 11.7 Å². The summed E-state index contributed by atoms with van der Waals surface area (Å²) >= 11 is 0. The summed E-state index contributed by atoms with van der Waals surface area (Å²) in [6, 6.07) is -14.4. The van der Waals surface area contributed by atoms with Gasteiger partial charge >= 0.3 is 0 Å². The number of likely N-dealkylation sites (N-methyl/N-ethyl adjacent to an activating group) is 7. The topological polar surface area (TPSA) is 302 Å². The second-order valence-electron chi connectivity index (χ2n) is 28.3. The summed E-state index contributed by atoms with van der Waals surface area (Å²) in [7, 11) is 13.4. The zero-order valence-electron chi connectivity index (χ0n) is 60.2. The number of nitrogens with one attached hydrogen (secondary N) is 4. The summed E-state index contributed by atoms with van der Waals surface area (Å²) in [5.74, 6) is -10.3. The highest BCUT2D eigenvalue weighted by molar-refractivity contribution is 6.00. The minimum atomic E-state index is -1.66. The van der Waals surface area contributed by atoms with Crippen molar-refractivity contribution in [2.45, 2.75) is 241 Å². The number of allylic oxidation sites excluding steroid dienone is 2. The molecule has 1 saturated heterocycles. The van der Waals surface area contributed by atoms with Crippen LogP contribution in [0, 0.1) is 35.5 Å². The molecule has 0 aromatic rings. The van der Waals surface area contributed by atoms with E-state index in [1.807, 2.05) is 41.5 Å². The molecule has 0 radical (unpaired) electrons. The summed E-state index contributed by atoms with van der Waals surface area (Å²) in [6.07, 6.45) is 2.38. The van der Waals surface area contributed by atoms with Crippen molar-refractivity contribution in [3.8, 4) is 0 Å². The standard InChI is InChI=1S/C66H120N12O13/c1-27-29-30-42(13)54(79)53-58(83)69-45(28-2)60(85)72(20)46(31-32-71(18)19)61(86)76(24)50(36-66(16,17)91)57(82)70-51(40(9)10)64(89)73(21)47(33-37(3)4)56(81)67-43(14)55(80)68-44(15)59(84)74(22)48(34-38(5)6)62(87)75(23)49(35-39(7)8)63(88)77(25)52(41(11)12)65(90)78(53)26/h27,29,37-54,79,91H,28,30-36H2,1-26H3,(H,67,81)(H,68,80)(H,69,83)(H,70,82)/b29-27+/t42-,43+,44-,45+,46+,47+,48+,49+,50+,51+,52+,53+,54-/m1/s1. The molecular formula is C66H120N12O13. The Labute approximate surface area is 544 Å². The molecule has 25 heteroatoms. The van der Waals surface area contributed by atoms with Crippen LogP contribution in [0.4, 0.5) is 0 Å². The quantitative estimate of drug-likeness (QED) is 0.108. The average molecular weight is 1290 g/mol. The largest absolute Gasteiger partial charge is 0.390 e. The van der Waals surface area contributed by atoms with Crippen molar-refractivity contribution in [1.82, 2.24) is 60.5 Å². The van der Waals surface area contributed by atoms with Crippen LogP contribution in [-0.4, -0.2) is 263 Å². The lowest BCUT2D eigenvalue weighted by Crippen LogP contribution is -2.64. The maximum Gasteiger partial charge on any atom is 0.246 e. The Morgan fingerprint density at radius 1 is 0.495 bits per heavy atom. The van der Waals surface area contributed by atoms with E-state index >= 15 is 28.8 Å². The number of carbonyl (C=O) groups is 11. The molecule has 0 aliphatic carbocycles. The van der Waals surface area contributed by atoms with Crippen molar-refractivity contribution in [3.63, 3.8) is 0 Å². The molecule has 1 aliphatic rings. The van der Waals surface area contributed by atoms with Crippen LogP contribution >= 0.6 is 0 Å². The Morgan fingerprint density at radius 3 is 1.36 bits per heavy atom. The zero-order valence-corrected chi connectivity index (χ0v) is 60.2. The first kappa shape index (κ1) is 82.8. The molecule has 25 nitrogen and oxygen atoms in total. The van der Waals surface area contributed by atoms with E-state index in [9.17, 15) is 34.2 Å². The lowest BCUT2D eigenvalue weighted by Gasteiger charge is -2.41. The molecule has 0 unspecified atom stereocenters.